The summed E-state index contributed by atoms with van der Waals surface area (Å²) in [7, 11) is 0. The van der Waals surface area contributed by atoms with Gasteiger partial charge in [-0.05, 0) is 6.07 Å². The van der Waals surface area contributed by atoms with E-state index in [4.69, 9.17) is 0 Å². The van der Waals surface area contributed by atoms with Crippen molar-refractivity contribution in [3.8, 4) is 5.88 Å². The van der Waals surface area contributed by atoms with Gasteiger partial charge in [-0.3, -0.25) is 4.79 Å². The molecule has 0 atom stereocenters. The third-order valence-corrected chi connectivity index (χ3v) is 1.83. The average Bonchev–Trinajstić information content (AvgIpc) is 2.32. The number of hydrogen-bond acceptors (Lipinski definition) is 3. The van der Waals surface area contributed by atoms with Gasteiger partial charge < -0.3 is 10.1 Å². The highest BCUT2D eigenvalue weighted by Gasteiger charge is 2.29. The predicted octanol–water partition coefficient (Wildman–Crippen LogP) is 2.31. The lowest BCUT2D eigenvalue weighted by Gasteiger charge is -2.09. The molecule has 112 valence electrons. The van der Waals surface area contributed by atoms with Crippen LogP contribution in [0.3, 0.4) is 0 Å². The molecule has 1 aromatic heterocycles. The van der Waals surface area contributed by atoms with Crippen LogP contribution in [0.15, 0.2) is 18.3 Å². The maximum absolute atomic E-state index is 11.9. The third-order valence-electron chi connectivity index (χ3n) is 1.83. The molecule has 1 N–H and O–H groups in total. The molecule has 0 spiro atoms. The van der Waals surface area contributed by atoms with E-state index in [0.29, 0.717) is 0 Å². The van der Waals surface area contributed by atoms with Gasteiger partial charge in [-0.25, -0.2) is 4.98 Å². The molecule has 1 heterocycles. The summed E-state index contributed by atoms with van der Waals surface area (Å²) in [4.78, 5) is 14.6. The molecule has 10 heteroatoms. The van der Waals surface area contributed by atoms with Gasteiger partial charge in [0, 0.05) is 12.3 Å². The molecule has 0 aliphatic carbocycles. The number of carbonyl (C=O) groups excluding carboxylic acids is 1. The monoisotopic (exact) mass is 302 g/mol. The number of ether oxygens (including phenoxy) is 1. The molecule has 1 rings (SSSR count). The zero-order chi connectivity index (χ0) is 15.4. The van der Waals surface area contributed by atoms with E-state index < -0.39 is 37.3 Å². The van der Waals surface area contributed by atoms with Crippen LogP contribution in [-0.2, 0) is 0 Å². The molecule has 1 amide bonds. The molecule has 0 saturated heterocycles. The summed E-state index contributed by atoms with van der Waals surface area (Å²) >= 11 is 0. The minimum Gasteiger partial charge on any atom is -0.468 e. The van der Waals surface area contributed by atoms with Gasteiger partial charge in [0.1, 0.15) is 6.54 Å². The summed E-state index contributed by atoms with van der Waals surface area (Å²) in [6, 6.07) is 1.96. The minimum absolute atomic E-state index is 0.228. The first-order valence-corrected chi connectivity index (χ1v) is 5.07. The normalized spacial score (nSPS) is 12.1. The highest BCUT2D eigenvalue weighted by Crippen LogP contribution is 2.17. The second-order valence-corrected chi connectivity index (χ2v) is 3.59. The van der Waals surface area contributed by atoms with Gasteiger partial charge in [-0.15, -0.1) is 0 Å². The first-order chi connectivity index (χ1) is 9.07. The van der Waals surface area contributed by atoms with Gasteiger partial charge in [-0.1, -0.05) is 0 Å². The highest BCUT2D eigenvalue weighted by atomic mass is 19.4. The number of pyridine rings is 1. The first-order valence-electron chi connectivity index (χ1n) is 5.07. The zero-order valence-electron chi connectivity index (χ0n) is 9.68. The van der Waals surface area contributed by atoms with E-state index >= 15 is 0 Å². The smallest absolute Gasteiger partial charge is 0.422 e. The van der Waals surface area contributed by atoms with Gasteiger partial charge in [-0.2, -0.15) is 26.3 Å². The zero-order valence-corrected chi connectivity index (χ0v) is 9.68. The van der Waals surface area contributed by atoms with Crippen LogP contribution in [0.2, 0.25) is 0 Å². The summed E-state index contributed by atoms with van der Waals surface area (Å²) in [6.07, 6.45) is -8.28. The van der Waals surface area contributed by atoms with E-state index in [9.17, 15) is 31.1 Å². The summed E-state index contributed by atoms with van der Waals surface area (Å²) in [5.74, 6) is -1.44. The van der Waals surface area contributed by atoms with E-state index in [0.717, 1.165) is 18.3 Å². The fourth-order valence-electron chi connectivity index (χ4n) is 1.04. The highest BCUT2D eigenvalue weighted by molar-refractivity contribution is 5.93. The Balaban J connectivity index is 2.56. The molecule has 0 unspecified atom stereocenters. The van der Waals surface area contributed by atoms with Crippen LogP contribution < -0.4 is 10.1 Å². The van der Waals surface area contributed by atoms with E-state index in [1.54, 1.807) is 5.32 Å². The number of rotatable bonds is 4. The standard InChI is InChI=1S/C10H8F6N2O2/c11-9(12,13)4-18-8(19)6-1-2-7(17-3-6)20-5-10(14,15)16/h1-3H,4-5H2,(H,18,19). The molecular formula is C10H8F6N2O2. The number of alkyl halides is 6. The van der Waals surface area contributed by atoms with Crippen LogP contribution in [0.4, 0.5) is 26.3 Å². The maximum atomic E-state index is 11.9. The Hall–Kier alpha value is -2.00. The van der Waals surface area contributed by atoms with Crippen molar-refractivity contribution in [1.82, 2.24) is 10.3 Å². The van der Waals surface area contributed by atoms with Gasteiger partial charge >= 0.3 is 12.4 Å². The SMILES string of the molecule is O=C(NCC(F)(F)F)c1ccc(OCC(F)(F)F)nc1. The molecule has 0 fully saturated rings. The maximum Gasteiger partial charge on any atom is 0.422 e. The second-order valence-electron chi connectivity index (χ2n) is 3.59. The Labute approximate surface area is 108 Å². The van der Waals surface area contributed by atoms with Crippen molar-refractivity contribution in [3.63, 3.8) is 0 Å². The Bertz CT molecular complexity index is 454. The topological polar surface area (TPSA) is 51.2 Å². The van der Waals surface area contributed by atoms with Gasteiger partial charge in [0.05, 0.1) is 5.56 Å². The number of hydrogen-bond donors (Lipinski definition) is 1. The molecule has 0 aliphatic rings. The van der Waals surface area contributed by atoms with Crippen LogP contribution in [0.5, 0.6) is 5.88 Å². The van der Waals surface area contributed by atoms with Crippen molar-refractivity contribution in [1.29, 1.82) is 0 Å². The largest absolute Gasteiger partial charge is 0.468 e. The van der Waals surface area contributed by atoms with Gasteiger partial charge in [0.25, 0.3) is 5.91 Å². The lowest BCUT2D eigenvalue weighted by molar-refractivity contribution is -0.154. The van der Waals surface area contributed by atoms with Crippen molar-refractivity contribution in [3.05, 3.63) is 23.9 Å². The van der Waals surface area contributed by atoms with Crippen molar-refractivity contribution in [2.45, 2.75) is 12.4 Å². The molecule has 0 aliphatic heterocycles. The van der Waals surface area contributed by atoms with E-state index in [1.807, 2.05) is 0 Å². The molecular weight excluding hydrogens is 294 g/mol. The van der Waals surface area contributed by atoms with Crippen LogP contribution in [0, 0.1) is 0 Å². The fraction of sp³-hybridized carbons (Fsp3) is 0.400. The van der Waals surface area contributed by atoms with Crippen molar-refractivity contribution >= 4 is 5.91 Å². The van der Waals surface area contributed by atoms with Crippen LogP contribution in [0.25, 0.3) is 0 Å². The average molecular weight is 302 g/mol. The molecule has 1 aromatic rings. The van der Waals surface area contributed by atoms with Crippen molar-refractivity contribution in [2.24, 2.45) is 0 Å². The third kappa shape index (κ3) is 6.25. The van der Waals surface area contributed by atoms with E-state index in [-0.39, 0.29) is 5.56 Å². The number of halogens is 6. The van der Waals surface area contributed by atoms with E-state index in [1.165, 1.54) is 0 Å². The number of nitrogens with zero attached hydrogens (tertiary/aromatic N) is 1. The van der Waals surface area contributed by atoms with Gasteiger partial charge in [0.2, 0.25) is 5.88 Å². The van der Waals surface area contributed by atoms with Crippen LogP contribution >= 0.6 is 0 Å². The summed E-state index contributed by atoms with van der Waals surface area (Å²) in [5, 5.41) is 1.59. The molecule has 20 heavy (non-hydrogen) atoms. The number of nitrogens with one attached hydrogen (secondary N) is 1. The lowest BCUT2D eigenvalue weighted by atomic mass is 10.2. The number of aromatic nitrogens is 1. The molecule has 0 radical (unpaired) electrons. The minimum atomic E-state index is -4.56. The summed E-state index contributed by atoms with van der Waals surface area (Å²) in [5.41, 5.74) is -0.228. The van der Waals surface area contributed by atoms with E-state index in [2.05, 4.69) is 9.72 Å². The van der Waals surface area contributed by atoms with Crippen LogP contribution in [-0.4, -0.2) is 36.4 Å². The Morgan fingerprint density at radius 2 is 1.80 bits per heavy atom. The number of carbonyl (C=O) groups is 1. The fourth-order valence-corrected chi connectivity index (χ4v) is 1.04. The quantitative estimate of drug-likeness (QED) is 0.868. The molecule has 0 saturated carbocycles. The van der Waals surface area contributed by atoms with Crippen molar-refractivity contribution in [2.75, 3.05) is 13.2 Å². The molecule has 4 nitrogen and oxygen atoms in total. The number of amides is 1. The predicted molar refractivity (Wildman–Crippen MR) is 54.2 cm³/mol. The Morgan fingerprint density at radius 1 is 1.15 bits per heavy atom. The Morgan fingerprint density at radius 3 is 2.25 bits per heavy atom. The molecule has 0 bridgehead atoms. The first kappa shape index (κ1) is 16.1. The molecule has 0 aromatic carbocycles. The van der Waals surface area contributed by atoms with Gasteiger partial charge in [0.15, 0.2) is 6.61 Å². The summed E-state index contributed by atoms with van der Waals surface area (Å²) in [6.45, 7) is -3.07. The van der Waals surface area contributed by atoms with Crippen LogP contribution in [0.1, 0.15) is 10.4 Å². The van der Waals surface area contributed by atoms with Crippen molar-refractivity contribution < 1.29 is 35.9 Å². The lowest BCUT2D eigenvalue weighted by Crippen LogP contribution is -2.33. The Kier molecular flexibility index (Phi) is 4.79. The second kappa shape index (κ2) is 5.97. The summed E-state index contributed by atoms with van der Waals surface area (Å²) < 4.78 is 75.3.